The number of H-pyrrole nitrogens is 1. The number of unbranched alkanes of at least 4 members (excludes halogenated alkanes) is 8. The van der Waals surface area contributed by atoms with E-state index in [9.17, 15) is 5.11 Å². The minimum absolute atomic E-state index is 0.318. The van der Waals surface area contributed by atoms with Crippen molar-refractivity contribution in [2.75, 3.05) is 0 Å². The largest absolute Gasteiger partial charge is 0.387 e. The van der Waals surface area contributed by atoms with Gasteiger partial charge in [-0.1, -0.05) is 64.7 Å². The van der Waals surface area contributed by atoms with E-state index in [1.807, 2.05) is 0 Å². The number of hydrogen-bond donors (Lipinski definition) is 2. The third-order valence-corrected chi connectivity index (χ3v) is 4.77. The summed E-state index contributed by atoms with van der Waals surface area (Å²) in [6.45, 7) is 8.57. The molecule has 0 radical (unpaired) electrons. The number of aliphatic hydroxyl groups is 1. The van der Waals surface area contributed by atoms with Crippen molar-refractivity contribution in [1.82, 2.24) is 4.98 Å². The van der Waals surface area contributed by atoms with E-state index >= 15 is 0 Å². The van der Waals surface area contributed by atoms with Crippen LogP contribution in [0.3, 0.4) is 0 Å². The molecule has 2 N–H and O–H groups in total. The normalized spacial score (nSPS) is 12.8. The SMILES string of the molecule is CCCCCCCCCCCC(O)c1[nH]c(C)c(C)c1C. The number of aromatic nitrogens is 1. The van der Waals surface area contributed by atoms with Crippen LogP contribution >= 0.6 is 0 Å². The molecule has 1 aromatic heterocycles. The summed E-state index contributed by atoms with van der Waals surface area (Å²) in [5.41, 5.74) is 4.74. The lowest BCUT2D eigenvalue weighted by molar-refractivity contribution is 0.158. The molecule has 0 fully saturated rings. The van der Waals surface area contributed by atoms with Gasteiger partial charge in [-0.2, -0.15) is 0 Å². The van der Waals surface area contributed by atoms with Crippen molar-refractivity contribution in [3.8, 4) is 0 Å². The highest BCUT2D eigenvalue weighted by atomic mass is 16.3. The molecule has 2 heteroatoms. The summed E-state index contributed by atoms with van der Waals surface area (Å²) >= 11 is 0. The second-order valence-electron chi connectivity index (χ2n) is 6.55. The Bertz CT molecular complexity index is 395. The molecule has 0 saturated carbocycles. The summed E-state index contributed by atoms with van der Waals surface area (Å²) in [6.07, 6.45) is 12.5. The van der Waals surface area contributed by atoms with E-state index in [-0.39, 0.29) is 6.10 Å². The fourth-order valence-corrected chi connectivity index (χ4v) is 3.00. The van der Waals surface area contributed by atoms with Crippen molar-refractivity contribution in [2.45, 2.75) is 98.0 Å². The van der Waals surface area contributed by atoms with Gasteiger partial charge in [0.1, 0.15) is 0 Å². The van der Waals surface area contributed by atoms with Gasteiger partial charge >= 0.3 is 0 Å². The van der Waals surface area contributed by atoms with Crippen LogP contribution in [-0.2, 0) is 0 Å². The van der Waals surface area contributed by atoms with Crippen LogP contribution in [0.1, 0.15) is 99.8 Å². The number of nitrogens with one attached hydrogen (secondary N) is 1. The molecular weight excluding hydrogens is 258 g/mol. The Labute approximate surface area is 131 Å². The van der Waals surface area contributed by atoms with Crippen LogP contribution in [0, 0.1) is 20.8 Å². The summed E-state index contributed by atoms with van der Waals surface area (Å²) in [7, 11) is 0. The quantitative estimate of drug-likeness (QED) is 0.490. The molecule has 0 aliphatic rings. The van der Waals surface area contributed by atoms with Gasteiger partial charge in [-0.05, 0) is 38.3 Å². The van der Waals surface area contributed by atoms with Gasteiger partial charge in [-0.25, -0.2) is 0 Å². The minimum Gasteiger partial charge on any atom is -0.387 e. The zero-order chi connectivity index (χ0) is 15.7. The van der Waals surface area contributed by atoms with Crippen molar-refractivity contribution in [1.29, 1.82) is 0 Å². The molecule has 0 aliphatic heterocycles. The Morgan fingerprint density at radius 2 is 1.33 bits per heavy atom. The van der Waals surface area contributed by atoms with E-state index in [1.54, 1.807) is 0 Å². The molecule has 1 rings (SSSR count). The highest BCUT2D eigenvalue weighted by Gasteiger charge is 2.15. The van der Waals surface area contributed by atoms with Gasteiger partial charge < -0.3 is 10.1 Å². The summed E-state index contributed by atoms with van der Waals surface area (Å²) in [6, 6.07) is 0. The van der Waals surface area contributed by atoms with E-state index < -0.39 is 0 Å². The first-order chi connectivity index (χ1) is 10.1. The van der Waals surface area contributed by atoms with Crippen molar-refractivity contribution < 1.29 is 5.11 Å². The average molecular weight is 293 g/mol. The maximum absolute atomic E-state index is 10.3. The number of hydrogen-bond acceptors (Lipinski definition) is 1. The average Bonchev–Trinajstić information content (AvgIpc) is 2.73. The van der Waals surface area contributed by atoms with Crippen LogP contribution in [0.15, 0.2) is 0 Å². The van der Waals surface area contributed by atoms with Crippen molar-refractivity contribution in [3.05, 3.63) is 22.5 Å². The molecule has 1 unspecified atom stereocenters. The van der Waals surface area contributed by atoms with Crippen LogP contribution in [-0.4, -0.2) is 10.1 Å². The Morgan fingerprint density at radius 3 is 1.81 bits per heavy atom. The second-order valence-corrected chi connectivity index (χ2v) is 6.55. The Morgan fingerprint density at radius 1 is 0.810 bits per heavy atom. The molecule has 1 atom stereocenters. The maximum atomic E-state index is 10.3. The van der Waals surface area contributed by atoms with Gasteiger partial charge in [0.2, 0.25) is 0 Å². The van der Waals surface area contributed by atoms with E-state index in [0.29, 0.717) is 0 Å². The van der Waals surface area contributed by atoms with Crippen LogP contribution < -0.4 is 0 Å². The summed E-state index contributed by atoms with van der Waals surface area (Å²) < 4.78 is 0. The second kappa shape index (κ2) is 10.0. The van der Waals surface area contributed by atoms with Crippen molar-refractivity contribution in [2.24, 2.45) is 0 Å². The van der Waals surface area contributed by atoms with Crippen LogP contribution in [0.4, 0.5) is 0 Å². The van der Waals surface area contributed by atoms with Gasteiger partial charge in [0.05, 0.1) is 6.10 Å². The number of aliphatic hydroxyl groups excluding tert-OH is 1. The topological polar surface area (TPSA) is 36.0 Å². The molecule has 1 heterocycles. The fraction of sp³-hybridized carbons (Fsp3) is 0.789. The summed E-state index contributed by atoms with van der Waals surface area (Å²) in [5, 5.41) is 10.3. The standard InChI is InChI=1S/C19H35NO/c1-5-6-7-8-9-10-11-12-13-14-18(21)19-16(3)15(2)17(4)20-19/h18,20-21H,5-14H2,1-4H3. The van der Waals surface area contributed by atoms with Crippen LogP contribution in [0.2, 0.25) is 0 Å². The predicted molar refractivity (Wildman–Crippen MR) is 91.8 cm³/mol. The van der Waals surface area contributed by atoms with Crippen LogP contribution in [0.5, 0.6) is 0 Å². The molecule has 2 nitrogen and oxygen atoms in total. The molecule has 0 spiro atoms. The highest BCUT2D eigenvalue weighted by Crippen LogP contribution is 2.26. The zero-order valence-corrected chi connectivity index (χ0v) is 14.6. The minimum atomic E-state index is -0.318. The molecule has 0 saturated heterocycles. The van der Waals surface area contributed by atoms with Gasteiger partial charge in [0.25, 0.3) is 0 Å². The first-order valence-electron chi connectivity index (χ1n) is 8.91. The Balaban J connectivity index is 2.11. The van der Waals surface area contributed by atoms with Gasteiger partial charge in [-0.15, -0.1) is 0 Å². The fourth-order valence-electron chi connectivity index (χ4n) is 3.00. The predicted octanol–water partition coefficient (Wildman–Crippen LogP) is 5.89. The van der Waals surface area contributed by atoms with Gasteiger partial charge in [0, 0.05) is 11.4 Å². The Hall–Kier alpha value is -0.760. The molecule has 122 valence electrons. The highest BCUT2D eigenvalue weighted by molar-refractivity contribution is 5.35. The lowest BCUT2D eigenvalue weighted by Crippen LogP contribution is -2.00. The molecule has 1 aromatic rings. The number of aryl methyl sites for hydroxylation is 1. The molecule has 21 heavy (non-hydrogen) atoms. The lowest BCUT2D eigenvalue weighted by atomic mass is 10.0. The lowest BCUT2D eigenvalue weighted by Gasteiger charge is -2.10. The summed E-state index contributed by atoms with van der Waals surface area (Å²) in [4.78, 5) is 3.34. The zero-order valence-electron chi connectivity index (χ0n) is 14.6. The van der Waals surface area contributed by atoms with E-state index in [4.69, 9.17) is 0 Å². The first-order valence-corrected chi connectivity index (χ1v) is 8.91. The third-order valence-electron chi connectivity index (χ3n) is 4.77. The third kappa shape index (κ3) is 6.25. The molecule has 0 bridgehead atoms. The number of aromatic amines is 1. The Kier molecular flexibility index (Phi) is 8.75. The molecular formula is C19H35NO. The van der Waals surface area contributed by atoms with E-state index in [2.05, 4.69) is 32.7 Å². The van der Waals surface area contributed by atoms with Gasteiger partial charge in [0.15, 0.2) is 0 Å². The monoisotopic (exact) mass is 293 g/mol. The first kappa shape index (κ1) is 18.3. The van der Waals surface area contributed by atoms with Crippen LogP contribution in [0.25, 0.3) is 0 Å². The van der Waals surface area contributed by atoms with E-state index in [0.717, 1.165) is 18.5 Å². The van der Waals surface area contributed by atoms with Gasteiger partial charge in [-0.3, -0.25) is 0 Å². The van der Waals surface area contributed by atoms with E-state index in [1.165, 1.54) is 68.2 Å². The van der Waals surface area contributed by atoms with Crippen molar-refractivity contribution >= 4 is 0 Å². The van der Waals surface area contributed by atoms with Crippen molar-refractivity contribution in [3.63, 3.8) is 0 Å². The molecule has 0 aliphatic carbocycles. The smallest absolute Gasteiger partial charge is 0.0940 e. The maximum Gasteiger partial charge on any atom is 0.0940 e. The number of rotatable bonds is 11. The molecule has 0 aromatic carbocycles. The molecule has 0 amide bonds. The summed E-state index contributed by atoms with van der Waals surface area (Å²) in [5.74, 6) is 0.